The first-order chi connectivity index (χ1) is 9.46. The Bertz CT molecular complexity index is 463. The third-order valence-corrected chi connectivity index (χ3v) is 6.80. The monoisotopic (exact) mass is 280 g/mol. The molecule has 0 amide bonds. The van der Waals surface area contributed by atoms with Crippen LogP contribution in [-0.2, 0) is 14.2 Å². The van der Waals surface area contributed by atoms with E-state index in [2.05, 4.69) is 20.4 Å². The molecule has 1 spiro atoms. The van der Waals surface area contributed by atoms with Gasteiger partial charge < -0.3 is 19.3 Å². The van der Waals surface area contributed by atoms with Crippen LogP contribution in [0.5, 0.6) is 0 Å². The summed E-state index contributed by atoms with van der Waals surface area (Å²) in [5, 5.41) is 11.2. The van der Waals surface area contributed by atoms with Crippen molar-refractivity contribution in [2.24, 2.45) is 22.7 Å². The lowest BCUT2D eigenvalue weighted by molar-refractivity contribution is -0.173. The zero-order chi connectivity index (χ0) is 14.3. The molecule has 20 heavy (non-hydrogen) atoms. The van der Waals surface area contributed by atoms with Crippen LogP contribution in [0.3, 0.4) is 0 Å². The number of fused-ring (bicyclic) bond motifs is 3. The van der Waals surface area contributed by atoms with Gasteiger partial charge in [0, 0.05) is 12.5 Å². The molecule has 4 fully saturated rings. The summed E-state index contributed by atoms with van der Waals surface area (Å²) in [7, 11) is 1.65. The van der Waals surface area contributed by atoms with E-state index in [0.717, 1.165) is 18.4 Å². The second kappa shape index (κ2) is 3.86. The van der Waals surface area contributed by atoms with E-state index >= 15 is 0 Å². The van der Waals surface area contributed by atoms with Crippen molar-refractivity contribution in [1.82, 2.24) is 0 Å². The van der Waals surface area contributed by atoms with Crippen molar-refractivity contribution >= 4 is 0 Å². The summed E-state index contributed by atoms with van der Waals surface area (Å²) in [5.74, 6) is 0.818. The largest absolute Gasteiger partial charge is 0.391 e. The fourth-order valence-electron chi connectivity index (χ4n) is 5.33. The number of methoxy groups -OCH3 is 1. The predicted molar refractivity (Wildman–Crippen MR) is 73.0 cm³/mol. The first kappa shape index (κ1) is 13.3. The molecule has 2 saturated heterocycles. The normalized spacial score (nSPS) is 60.7. The highest BCUT2D eigenvalue weighted by Gasteiger charge is 2.73. The highest BCUT2D eigenvalue weighted by molar-refractivity contribution is 5.29. The van der Waals surface area contributed by atoms with Gasteiger partial charge in [-0.1, -0.05) is 20.4 Å². The van der Waals surface area contributed by atoms with E-state index in [9.17, 15) is 5.11 Å². The maximum atomic E-state index is 11.2. The standard InChI is InChI=1S/C16H24O4/c1-8-5-11-12(20-11)10-6-16(13(17)15(8,10)3)9(2)7-19-14(16)18-4/h8,10-14,17H,2,5-7H2,1,3-4H3/t8-,10-,11?,12+,13-,14-,15+,16-/m1/s1. The van der Waals surface area contributed by atoms with Crippen LogP contribution in [-0.4, -0.2) is 43.4 Å². The second-order valence-corrected chi connectivity index (χ2v) is 7.38. The second-order valence-electron chi connectivity index (χ2n) is 7.38. The van der Waals surface area contributed by atoms with Gasteiger partial charge in [-0.2, -0.15) is 0 Å². The first-order valence-electron chi connectivity index (χ1n) is 7.62. The van der Waals surface area contributed by atoms with Crippen LogP contribution in [0.15, 0.2) is 12.2 Å². The molecule has 4 heteroatoms. The number of hydrogen-bond donors (Lipinski definition) is 1. The van der Waals surface area contributed by atoms with Gasteiger partial charge >= 0.3 is 0 Å². The highest BCUT2D eigenvalue weighted by atomic mass is 16.7. The van der Waals surface area contributed by atoms with E-state index in [4.69, 9.17) is 14.2 Å². The van der Waals surface area contributed by atoms with E-state index < -0.39 is 11.5 Å². The minimum Gasteiger partial charge on any atom is -0.391 e. The van der Waals surface area contributed by atoms with Crippen molar-refractivity contribution < 1.29 is 19.3 Å². The molecule has 0 aromatic heterocycles. The van der Waals surface area contributed by atoms with Crippen molar-refractivity contribution in [3.8, 4) is 0 Å². The summed E-state index contributed by atoms with van der Waals surface area (Å²) in [6, 6.07) is 0. The fourth-order valence-corrected chi connectivity index (χ4v) is 5.33. The quantitative estimate of drug-likeness (QED) is 0.587. The number of aliphatic hydroxyl groups is 1. The molecule has 4 aliphatic rings. The number of rotatable bonds is 1. The Hall–Kier alpha value is -0.420. The van der Waals surface area contributed by atoms with Gasteiger partial charge in [0.2, 0.25) is 0 Å². The summed E-state index contributed by atoms with van der Waals surface area (Å²) in [6.07, 6.45) is 1.79. The molecule has 1 unspecified atom stereocenters. The van der Waals surface area contributed by atoms with Gasteiger partial charge in [-0.25, -0.2) is 0 Å². The highest BCUT2D eigenvalue weighted by Crippen LogP contribution is 2.69. The SMILES string of the molecule is C=C1CO[C@@H](OC)[C@]12C[C@@H]1[C@@H]3OC3C[C@@H](C)[C@]1(C)[C@H]2O. The van der Waals surface area contributed by atoms with Gasteiger partial charge in [0.05, 0.1) is 30.3 Å². The van der Waals surface area contributed by atoms with Gasteiger partial charge in [-0.3, -0.25) is 0 Å². The zero-order valence-electron chi connectivity index (χ0n) is 12.5. The van der Waals surface area contributed by atoms with E-state index in [-0.39, 0.29) is 11.7 Å². The van der Waals surface area contributed by atoms with Crippen LogP contribution in [0, 0.1) is 22.7 Å². The smallest absolute Gasteiger partial charge is 0.169 e. The molecule has 0 aromatic rings. The lowest BCUT2D eigenvalue weighted by Crippen LogP contribution is -2.50. The maximum absolute atomic E-state index is 11.2. The molecule has 0 aromatic carbocycles. The average Bonchev–Trinajstić information content (AvgIpc) is 3.05. The van der Waals surface area contributed by atoms with Crippen LogP contribution in [0.25, 0.3) is 0 Å². The molecule has 0 bridgehead atoms. The molecular weight excluding hydrogens is 256 g/mol. The fraction of sp³-hybridized carbons (Fsp3) is 0.875. The molecule has 1 N–H and O–H groups in total. The van der Waals surface area contributed by atoms with Gasteiger partial charge in [0.1, 0.15) is 0 Å². The molecule has 2 aliphatic heterocycles. The van der Waals surface area contributed by atoms with E-state index in [1.54, 1.807) is 7.11 Å². The molecule has 0 radical (unpaired) electrons. The topological polar surface area (TPSA) is 51.2 Å². The molecule has 8 atom stereocenters. The van der Waals surface area contributed by atoms with Gasteiger partial charge in [0.25, 0.3) is 0 Å². The van der Waals surface area contributed by atoms with Crippen molar-refractivity contribution in [1.29, 1.82) is 0 Å². The Morgan fingerprint density at radius 2 is 2.20 bits per heavy atom. The molecule has 4 rings (SSSR count). The number of ether oxygens (including phenoxy) is 3. The van der Waals surface area contributed by atoms with Crippen LogP contribution in [0.1, 0.15) is 26.7 Å². The van der Waals surface area contributed by atoms with E-state index in [1.807, 2.05) is 0 Å². The summed E-state index contributed by atoms with van der Waals surface area (Å²) in [6.45, 7) is 9.14. The third-order valence-electron chi connectivity index (χ3n) is 6.80. The third kappa shape index (κ3) is 1.27. The van der Waals surface area contributed by atoms with Gasteiger partial charge in [-0.05, 0) is 30.3 Å². The summed E-state index contributed by atoms with van der Waals surface area (Å²) >= 11 is 0. The predicted octanol–water partition coefficient (Wildman–Crippen LogP) is 1.73. The molecule has 112 valence electrons. The first-order valence-corrected chi connectivity index (χ1v) is 7.62. The average molecular weight is 280 g/mol. The maximum Gasteiger partial charge on any atom is 0.169 e. The van der Waals surface area contributed by atoms with Crippen molar-refractivity contribution in [3.05, 3.63) is 12.2 Å². The lowest BCUT2D eigenvalue weighted by atomic mass is 9.61. The van der Waals surface area contributed by atoms with Crippen molar-refractivity contribution in [3.63, 3.8) is 0 Å². The molecule has 2 aliphatic carbocycles. The Kier molecular flexibility index (Phi) is 2.56. The molecule has 2 heterocycles. The Morgan fingerprint density at radius 1 is 1.45 bits per heavy atom. The molecular formula is C16H24O4. The number of epoxide rings is 1. The van der Waals surface area contributed by atoms with E-state index in [1.165, 1.54) is 0 Å². The Labute approximate surface area is 120 Å². The lowest BCUT2D eigenvalue weighted by Gasteiger charge is -2.44. The Morgan fingerprint density at radius 3 is 2.90 bits per heavy atom. The number of hydrogen-bond acceptors (Lipinski definition) is 4. The number of aliphatic hydroxyl groups excluding tert-OH is 1. The summed E-state index contributed by atoms with van der Waals surface area (Å²) < 4.78 is 17.1. The van der Waals surface area contributed by atoms with E-state index in [0.29, 0.717) is 30.7 Å². The van der Waals surface area contributed by atoms with Crippen molar-refractivity contribution in [2.75, 3.05) is 13.7 Å². The summed E-state index contributed by atoms with van der Waals surface area (Å²) in [5.41, 5.74) is 0.394. The van der Waals surface area contributed by atoms with Crippen LogP contribution >= 0.6 is 0 Å². The zero-order valence-corrected chi connectivity index (χ0v) is 12.5. The Balaban J connectivity index is 1.79. The van der Waals surface area contributed by atoms with Crippen molar-refractivity contribution in [2.45, 2.75) is 51.3 Å². The minimum absolute atomic E-state index is 0.134. The molecule has 4 nitrogen and oxygen atoms in total. The van der Waals surface area contributed by atoms with Gasteiger partial charge in [-0.15, -0.1) is 0 Å². The van der Waals surface area contributed by atoms with Crippen LogP contribution in [0.2, 0.25) is 0 Å². The van der Waals surface area contributed by atoms with Gasteiger partial charge in [0.15, 0.2) is 6.29 Å². The minimum atomic E-state index is -0.472. The van der Waals surface area contributed by atoms with Crippen LogP contribution in [0.4, 0.5) is 0 Å². The summed E-state index contributed by atoms with van der Waals surface area (Å²) in [4.78, 5) is 0. The molecule has 2 saturated carbocycles. The van der Waals surface area contributed by atoms with Crippen LogP contribution < -0.4 is 0 Å².